The van der Waals surface area contributed by atoms with Gasteiger partial charge in [-0.15, -0.1) is 0 Å². The minimum Gasteiger partial charge on any atom is -0.778 e. The van der Waals surface area contributed by atoms with Crippen LogP contribution in [0.15, 0.2) is 11.6 Å². The van der Waals surface area contributed by atoms with Crippen LogP contribution in [0.1, 0.15) is 13.3 Å². The maximum Gasteiger partial charge on any atom is 1.00 e. The zero-order valence-electron chi connectivity index (χ0n) is 10.0. The SMILES string of the molecule is C/C(=C\CCP(=O)([O-])OP(=O)([O-])O)CO.[Na+].[Na+]. The van der Waals surface area contributed by atoms with Crippen molar-refractivity contribution in [1.82, 2.24) is 0 Å². The van der Waals surface area contributed by atoms with E-state index in [4.69, 9.17) is 10.00 Å². The van der Waals surface area contributed by atoms with Crippen molar-refractivity contribution < 1.29 is 92.3 Å². The molecule has 0 aromatic heterocycles. The van der Waals surface area contributed by atoms with Crippen molar-refractivity contribution >= 4 is 15.4 Å². The standard InChI is InChI=1S/C6H14O7P2.2Na/c1-6(5-7)3-2-4-14(8,9)13-15(10,11)12;;/h3,7H,2,4-5H2,1H3,(H,8,9)(H2,10,11,12);;/q;2*+1/p-2/b6-3+;;. The second kappa shape index (κ2) is 10.7. The van der Waals surface area contributed by atoms with Crippen molar-refractivity contribution in [3.8, 4) is 0 Å². The van der Waals surface area contributed by atoms with Crippen LogP contribution in [0, 0.1) is 0 Å². The molecule has 0 rings (SSSR count). The summed E-state index contributed by atoms with van der Waals surface area (Å²) in [5.74, 6) is 0. The average Bonchev–Trinajstić information content (AvgIpc) is 1.98. The average molecular weight is 304 g/mol. The van der Waals surface area contributed by atoms with Crippen LogP contribution in [-0.2, 0) is 13.4 Å². The van der Waals surface area contributed by atoms with Gasteiger partial charge in [-0.3, -0.25) is 8.88 Å². The molecule has 90 valence electrons. The minimum absolute atomic E-state index is 0. The van der Waals surface area contributed by atoms with Crippen LogP contribution in [-0.4, -0.2) is 22.8 Å². The van der Waals surface area contributed by atoms with E-state index in [9.17, 15) is 18.9 Å². The number of hydrogen-bond acceptors (Lipinski definition) is 6. The Morgan fingerprint density at radius 3 is 2.18 bits per heavy atom. The van der Waals surface area contributed by atoms with Crippen LogP contribution in [0.2, 0.25) is 0 Å². The molecule has 2 atom stereocenters. The van der Waals surface area contributed by atoms with Crippen LogP contribution in [0.4, 0.5) is 0 Å². The van der Waals surface area contributed by atoms with Crippen molar-refractivity contribution in [3.05, 3.63) is 11.6 Å². The molecule has 0 aliphatic rings. The van der Waals surface area contributed by atoms with Gasteiger partial charge in [-0.2, -0.15) is 0 Å². The Bertz CT molecular complexity index is 326. The summed E-state index contributed by atoms with van der Waals surface area (Å²) in [5.41, 5.74) is 0.560. The molecule has 11 heteroatoms. The van der Waals surface area contributed by atoms with E-state index < -0.39 is 21.6 Å². The third kappa shape index (κ3) is 15.9. The van der Waals surface area contributed by atoms with E-state index >= 15 is 0 Å². The fourth-order valence-corrected chi connectivity index (χ4v) is 2.76. The largest absolute Gasteiger partial charge is 1.00 e. The summed E-state index contributed by atoms with van der Waals surface area (Å²) >= 11 is 0. The summed E-state index contributed by atoms with van der Waals surface area (Å²) in [6.45, 7) is 1.38. The summed E-state index contributed by atoms with van der Waals surface area (Å²) in [6, 6.07) is 0. The van der Waals surface area contributed by atoms with E-state index in [0.29, 0.717) is 5.57 Å². The van der Waals surface area contributed by atoms with Gasteiger partial charge in [0.15, 0.2) is 0 Å². The van der Waals surface area contributed by atoms with E-state index in [1.165, 1.54) is 6.08 Å². The normalized spacial score (nSPS) is 18.3. The van der Waals surface area contributed by atoms with Gasteiger partial charge in [-0.05, 0) is 13.3 Å². The first-order chi connectivity index (χ1) is 6.66. The van der Waals surface area contributed by atoms with E-state index in [2.05, 4.69) is 4.31 Å². The van der Waals surface area contributed by atoms with Crippen LogP contribution >= 0.6 is 15.4 Å². The molecule has 2 unspecified atom stereocenters. The van der Waals surface area contributed by atoms with Gasteiger partial charge in [-0.1, -0.05) is 11.6 Å². The molecule has 0 radical (unpaired) electrons. The summed E-state index contributed by atoms with van der Waals surface area (Å²) in [6.07, 6.45) is 0.880. The molecule has 0 heterocycles. The monoisotopic (exact) mass is 304 g/mol. The van der Waals surface area contributed by atoms with Crippen molar-refractivity contribution in [3.63, 3.8) is 0 Å². The van der Waals surface area contributed by atoms with Crippen LogP contribution in [0.5, 0.6) is 0 Å². The molecule has 0 aliphatic heterocycles. The maximum atomic E-state index is 10.9. The molecule has 0 spiro atoms. The predicted molar refractivity (Wildman–Crippen MR) is 48.8 cm³/mol. The van der Waals surface area contributed by atoms with Crippen molar-refractivity contribution in [1.29, 1.82) is 0 Å². The first-order valence-corrected chi connectivity index (χ1v) is 7.20. The molecule has 0 aliphatic carbocycles. The maximum absolute atomic E-state index is 10.9. The Balaban J connectivity index is -0.000000980. The second-order valence-electron chi connectivity index (χ2n) is 2.88. The Morgan fingerprint density at radius 2 is 1.82 bits per heavy atom. The molecule has 2 N–H and O–H groups in total. The van der Waals surface area contributed by atoms with Crippen LogP contribution in [0.25, 0.3) is 0 Å². The molecule has 0 fully saturated rings. The Morgan fingerprint density at radius 1 is 1.35 bits per heavy atom. The molecule has 0 aromatic rings. The Kier molecular flexibility index (Phi) is 15.2. The molecule has 7 nitrogen and oxygen atoms in total. The fourth-order valence-electron chi connectivity index (χ4n) is 0.732. The quantitative estimate of drug-likeness (QED) is 0.283. The molecule has 0 saturated carbocycles. The topological polar surface area (TPSA) is 130 Å². The van der Waals surface area contributed by atoms with E-state index in [1.54, 1.807) is 6.92 Å². The third-order valence-corrected chi connectivity index (χ3v) is 4.00. The van der Waals surface area contributed by atoms with E-state index in [-0.39, 0.29) is 72.1 Å². The van der Waals surface area contributed by atoms with E-state index in [0.717, 1.165) is 0 Å². The number of phosphoric acid groups is 1. The molecular weight excluding hydrogens is 292 g/mol. The number of aliphatic hydroxyl groups excluding tert-OH is 1. The van der Waals surface area contributed by atoms with Crippen LogP contribution < -0.4 is 68.9 Å². The van der Waals surface area contributed by atoms with Gasteiger partial charge in [0.2, 0.25) is 0 Å². The summed E-state index contributed by atoms with van der Waals surface area (Å²) in [4.78, 5) is 29.2. The van der Waals surface area contributed by atoms with Gasteiger partial charge in [0.05, 0.1) is 6.61 Å². The van der Waals surface area contributed by atoms with Crippen molar-refractivity contribution in [2.24, 2.45) is 0 Å². The van der Waals surface area contributed by atoms with Gasteiger partial charge in [0.1, 0.15) is 7.60 Å². The number of allylic oxidation sites excluding steroid dienone is 1. The summed E-state index contributed by atoms with van der Waals surface area (Å²) in [7, 11) is -9.84. The molecule has 17 heavy (non-hydrogen) atoms. The molecule has 0 amide bonds. The van der Waals surface area contributed by atoms with Gasteiger partial charge in [-0.25, -0.2) is 0 Å². The second-order valence-corrected chi connectivity index (χ2v) is 6.14. The van der Waals surface area contributed by atoms with Crippen molar-refractivity contribution in [2.45, 2.75) is 13.3 Å². The zero-order valence-corrected chi connectivity index (χ0v) is 15.8. The Labute approximate surface area is 144 Å². The third-order valence-electron chi connectivity index (χ3n) is 1.37. The number of rotatable bonds is 6. The molecule has 0 saturated heterocycles. The smallest absolute Gasteiger partial charge is 0.778 e. The van der Waals surface area contributed by atoms with Gasteiger partial charge < -0.3 is 24.4 Å². The predicted octanol–water partition coefficient (Wildman–Crippen LogP) is -6.65. The number of hydrogen-bond donors (Lipinski definition) is 2. The summed E-state index contributed by atoms with van der Waals surface area (Å²) < 4.78 is 24.5. The molecule has 0 aromatic carbocycles. The minimum atomic E-state index is -5.25. The Hall–Kier alpha value is 2.00. The van der Waals surface area contributed by atoms with Gasteiger partial charge in [0, 0.05) is 6.16 Å². The summed E-state index contributed by atoms with van der Waals surface area (Å²) in [5, 5.41) is 8.57. The van der Waals surface area contributed by atoms with E-state index in [1.807, 2.05) is 0 Å². The molecular formula is C6H12Na2O7P2. The van der Waals surface area contributed by atoms with Crippen LogP contribution in [0.3, 0.4) is 0 Å². The zero-order chi connectivity index (χ0) is 12.1. The van der Waals surface area contributed by atoms with Gasteiger partial charge >= 0.3 is 59.1 Å². The first-order valence-electron chi connectivity index (χ1n) is 3.98. The van der Waals surface area contributed by atoms with Crippen molar-refractivity contribution in [2.75, 3.05) is 12.8 Å². The first kappa shape index (κ1) is 24.0. The van der Waals surface area contributed by atoms with Gasteiger partial charge in [0.25, 0.3) is 7.82 Å². The molecule has 0 bridgehead atoms. The number of aliphatic hydroxyl groups is 1. The fraction of sp³-hybridized carbons (Fsp3) is 0.667.